The predicted octanol–water partition coefficient (Wildman–Crippen LogP) is 1.59. The molecule has 1 atom stereocenters. The molecule has 2 aromatic rings. The number of ether oxygens (including phenoxy) is 1. The van der Waals surface area contributed by atoms with Crippen LogP contribution in [-0.2, 0) is 9.53 Å². The van der Waals surface area contributed by atoms with Gasteiger partial charge in [0, 0.05) is 49.6 Å². The van der Waals surface area contributed by atoms with E-state index in [1.165, 1.54) is 7.11 Å². The molecule has 1 fully saturated rings. The van der Waals surface area contributed by atoms with Gasteiger partial charge in [-0.1, -0.05) is 12.1 Å². The minimum Gasteiger partial charge on any atom is -0.375 e. The van der Waals surface area contributed by atoms with Gasteiger partial charge < -0.3 is 15.4 Å². The van der Waals surface area contributed by atoms with Crippen molar-refractivity contribution in [2.45, 2.75) is 18.8 Å². The second-order valence-electron chi connectivity index (χ2n) is 6.35. The molecule has 1 unspecified atom stereocenters. The summed E-state index contributed by atoms with van der Waals surface area (Å²) in [5.41, 5.74) is 8.18. The zero-order chi connectivity index (χ0) is 18.5. The summed E-state index contributed by atoms with van der Waals surface area (Å²) >= 11 is 0. The van der Waals surface area contributed by atoms with Crippen molar-refractivity contribution >= 4 is 11.8 Å². The van der Waals surface area contributed by atoms with Gasteiger partial charge in [-0.05, 0) is 25.0 Å². The van der Waals surface area contributed by atoms with Gasteiger partial charge in [-0.2, -0.15) is 0 Å². The quantitative estimate of drug-likeness (QED) is 0.879. The summed E-state index contributed by atoms with van der Waals surface area (Å²) in [5, 5.41) is 0. The van der Waals surface area contributed by atoms with Crippen molar-refractivity contribution in [1.82, 2.24) is 14.9 Å². The highest BCUT2D eigenvalue weighted by molar-refractivity contribution is 5.94. The Morgan fingerprint density at radius 1 is 1.31 bits per heavy atom. The van der Waals surface area contributed by atoms with Crippen LogP contribution in [0.25, 0.3) is 11.3 Å². The molecule has 0 bridgehead atoms. The molecule has 2 N–H and O–H groups in total. The summed E-state index contributed by atoms with van der Waals surface area (Å²) < 4.78 is 4.96. The van der Waals surface area contributed by atoms with Crippen LogP contribution in [-0.4, -0.2) is 53.5 Å². The second kappa shape index (κ2) is 8.05. The first-order valence-electron chi connectivity index (χ1n) is 8.58. The third-order valence-electron chi connectivity index (χ3n) is 4.58. The number of benzene rings is 1. The number of aromatic nitrogens is 2. The highest BCUT2D eigenvalue weighted by Gasteiger charge is 2.27. The minimum absolute atomic E-state index is 0.0154. The highest BCUT2D eigenvalue weighted by atomic mass is 16.5. The lowest BCUT2D eigenvalue weighted by Crippen LogP contribution is -2.41. The lowest BCUT2D eigenvalue weighted by Gasteiger charge is -2.33. The molecule has 1 aromatic heterocycles. The van der Waals surface area contributed by atoms with E-state index >= 15 is 0 Å². The largest absolute Gasteiger partial charge is 0.375 e. The molecule has 0 spiro atoms. The summed E-state index contributed by atoms with van der Waals surface area (Å²) in [7, 11) is 1.52. The number of piperidine rings is 1. The zero-order valence-corrected chi connectivity index (χ0v) is 14.7. The molecule has 2 amide bonds. The molecule has 0 saturated carbocycles. The molecule has 1 aromatic carbocycles. The number of amides is 2. The fourth-order valence-electron chi connectivity index (χ4n) is 3.33. The summed E-state index contributed by atoms with van der Waals surface area (Å²) in [5.74, 6) is -0.407. The fraction of sp³-hybridized carbons (Fsp3) is 0.368. The van der Waals surface area contributed by atoms with Crippen LogP contribution < -0.4 is 5.73 Å². The van der Waals surface area contributed by atoms with E-state index < -0.39 is 5.91 Å². The molecule has 2 heterocycles. The van der Waals surface area contributed by atoms with Crippen molar-refractivity contribution < 1.29 is 14.3 Å². The Balaban J connectivity index is 1.91. The van der Waals surface area contributed by atoms with Gasteiger partial charge in [-0.3, -0.25) is 19.6 Å². The SMILES string of the molecule is COCC(=O)N1CCCC(c2nccnc2-c2cccc(C(N)=O)c2)C1. The van der Waals surface area contributed by atoms with Crippen LogP contribution in [0.3, 0.4) is 0 Å². The first-order valence-corrected chi connectivity index (χ1v) is 8.58. The average molecular weight is 354 g/mol. The van der Waals surface area contributed by atoms with E-state index in [2.05, 4.69) is 9.97 Å². The van der Waals surface area contributed by atoms with E-state index in [1.54, 1.807) is 30.6 Å². The van der Waals surface area contributed by atoms with E-state index in [-0.39, 0.29) is 18.4 Å². The van der Waals surface area contributed by atoms with Gasteiger partial charge in [-0.15, -0.1) is 0 Å². The zero-order valence-electron chi connectivity index (χ0n) is 14.7. The third kappa shape index (κ3) is 3.88. The van der Waals surface area contributed by atoms with Gasteiger partial charge >= 0.3 is 0 Å². The number of likely N-dealkylation sites (tertiary alicyclic amines) is 1. The molecule has 1 aliphatic heterocycles. The molecular formula is C19H22N4O3. The number of rotatable bonds is 5. The number of methoxy groups -OCH3 is 1. The summed E-state index contributed by atoms with van der Waals surface area (Å²) in [4.78, 5) is 34.5. The van der Waals surface area contributed by atoms with Gasteiger partial charge in [0.1, 0.15) is 6.61 Å². The van der Waals surface area contributed by atoms with Crippen LogP contribution in [0.4, 0.5) is 0 Å². The Kier molecular flexibility index (Phi) is 5.58. The van der Waals surface area contributed by atoms with E-state index in [0.717, 1.165) is 36.3 Å². The van der Waals surface area contributed by atoms with Gasteiger partial charge in [0.05, 0.1) is 11.4 Å². The molecule has 0 radical (unpaired) electrons. The smallest absolute Gasteiger partial charge is 0.248 e. The standard InChI is InChI=1S/C19H22N4O3/c1-26-12-16(24)23-9-3-6-15(11-23)18-17(21-7-8-22-18)13-4-2-5-14(10-13)19(20)25/h2,4-5,7-8,10,15H,3,6,9,11-12H2,1H3,(H2,20,25). The molecule has 7 heteroatoms. The predicted molar refractivity (Wildman–Crippen MR) is 96.4 cm³/mol. The molecule has 7 nitrogen and oxygen atoms in total. The Morgan fingerprint density at radius 3 is 2.88 bits per heavy atom. The van der Waals surface area contributed by atoms with Crippen LogP contribution in [0.5, 0.6) is 0 Å². The van der Waals surface area contributed by atoms with Crippen molar-refractivity contribution in [2.24, 2.45) is 5.73 Å². The molecule has 136 valence electrons. The normalized spacial score (nSPS) is 17.1. The van der Waals surface area contributed by atoms with Crippen LogP contribution in [0.15, 0.2) is 36.7 Å². The maximum Gasteiger partial charge on any atom is 0.248 e. The summed E-state index contributed by atoms with van der Waals surface area (Å²) in [6, 6.07) is 7.07. The number of nitrogens with zero attached hydrogens (tertiary/aromatic N) is 3. The first-order chi connectivity index (χ1) is 12.6. The van der Waals surface area contributed by atoms with Gasteiger partial charge in [0.25, 0.3) is 0 Å². The number of nitrogens with two attached hydrogens (primary N) is 1. The van der Waals surface area contributed by atoms with E-state index in [4.69, 9.17) is 10.5 Å². The Bertz CT molecular complexity index is 809. The van der Waals surface area contributed by atoms with Crippen molar-refractivity contribution in [2.75, 3.05) is 26.8 Å². The van der Waals surface area contributed by atoms with Crippen LogP contribution in [0.2, 0.25) is 0 Å². The van der Waals surface area contributed by atoms with Crippen molar-refractivity contribution in [3.8, 4) is 11.3 Å². The third-order valence-corrected chi connectivity index (χ3v) is 4.58. The number of carbonyl (C=O) groups excluding carboxylic acids is 2. The molecule has 3 rings (SSSR count). The van der Waals surface area contributed by atoms with Crippen molar-refractivity contribution in [3.63, 3.8) is 0 Å². The lowest BCUT2D eigenvalue weighted by atomic mass is 9.91. The second-order valence-corrected chi connectivity index (χ2v) is 6.35. The van der Waals surface area contributed by atoms with Crippen LogP contribution >= 0.6 is 0 Å². The Morgan fingerprint density at radius 2 is 2.12 bits per heavy atom. The van der Waals surface area contributed by atoms with Crippen molar-refractivity contribution in [3.05, 3.63) is 47.9 Å². The van der Waals surface area contributed by atoms with Crippen molar-refractivity contribution in [1.29, 1.82) is 0 Å². The maximum absolute atomic E-state index is 12.2. The number of hydrogen-bond acceptors (Lipinski definition) is 5. The van der Waals surface area contributed by atoms with Crippen LogP contribution in [0.1, 0.15) is 34.8 Å². The topological polar surface area (TPSA) is 98.4 Å². The minimum atomic E-state index is -0.480. The number of carbonyl (C=O) groups is 2. The molecule has 1 saturated heterocycles. The summed E-state index contributed by atoms with van der Waals surface area (Å²) in [6.07, 6.45) is 5.12. The van der Waals surface area contributed by atoms with Gasteiger partial charge in [0.2, 0.25) is 11.8 Å². The number of primary amides is 1. The Hall–Kier alpha value is -2.80. The highest BCUT2D eigenvalue weighted by Crippen LogP contribution is 2.32. The number of hydrogen-bond donors (Lipinski definition) is 1. The first kappa shape index (κ1) is 18.0. The fourth-order valence-corrected chi connectivity index (χ4v) is 3.33. The molecular weight excluding hydrogens is 332 g/mol. The molecule has 0 aliphatic carbocycles. The summed E-state index contributed by atoms with van der Waals surface area (Å²) in [6.45, 7) is 1.40. The maximum atomic E-state index is 12.2. The van der Waals surface area contributed by atoms with Gasteiger partial charge in [-0.25, -0.2) is 0 Å². The van der Waals surface area contributed by atoms with E-state index in [9.17, 15) is 9.59 Å². The molecule has 26 heavy (non-hydrogen) atoms. The van der Waals surface area contributed by atoms with Gasteiger partial charge in [0.15, 0.2) is 0 Å². The monoisotopic (exact) mass is 354 g/mol. The average Bonchev–Trinajstić information content (AvgIpc) is 2.68. The van der Waals surface area contributed by atoms with E-state index in [1.807, 2.05) is 11.0 Å². The Labute approximate surface area is 152 Å². The molecule has 1 aliphatic rings. The van der Waals surface area contributed by atoms with E-state index in [0.29, 0.717) is 12.1 Å². The lowest BCUT2D eigenvalue weighted by molar-refractivity contribution is -0.136. The van der Waals surface area contributed by atoms with Crippen LogP contribution in [0, 0.1) is 0 Å².